The van der Waals surface area contributed by atoms with E-state index in [1.807, 2.05) is 26.0 Å². The molecule has 0 fully saturated rings. The molecule has 0 heterocycles. The van der Waals surface area contributed by atoms with Crippen molar-refractivity contribution in [2.45, 2.75) is 31.3 Å². The molecule has 1 nitrogen and oxygen atoms in total. The molecular weight excluding hydrogens is 225 g/mol. The Morgan fingerprint density at radius 2 is 1.67 bits per heavy atom. The first kappa shape index (κ1) is 14.2. The highest BCUT2D eigenvalue weighted by Gasteiger charge is 2.06. The van der Waals surface area contributed by atoms with Crippen molar-refractivity contribution in [1.82, 2.24) is 0 Å². The zero-order chi connectivity index (χ0) is 12.0. The summed E-state index contributed by atoms with van der Waals surface area (Å²) in [5.41, 5.74) is 0.956. The van der Waals surface area contributed by atoms with Gasteiger partial charge in [0.15, 0.2) is 0 Å². The van der Waals surface area contributed by atoms with Crippen LogP contribution in [-0.4, -0.2) is 11.8 Å². The minimum absolute atomic E-state index is 0.311. The number of phenols is 1. The second-order valence-electron chi connectivity index (χ2n) is 3.12. The number of para-hydroxylation sites is 1. The highest BCUT2D eigenvalue weighted by atomic mass is 32.1. The van der Waals surface area contributed by atoms with Crippen LogP contribution in [0.2, 0.25) is 0 Å². The van der Waals surface area contributed by atoms with E-state index >= 15 is 0 Å². The van der Waals surface area contributed by atoms with Crippen molar-refractivity contribution < 1.29 is 18.3 Å². The summed E-state index contributed by atoms with van der Waals surface area (Å²) in [4.78, 5) is 0.649. The second kappa shape index (κ2) is 6.61. The zero-order valence-electron chi connectivity index (χ0n) is 8.42. The van der Waals surface area contributed by atoms with Gasteiger partial charge in [-0.05, 0) is 17.5 Å². The van der Waals surface area contributed by atoms with Gasteiger partial charge in [0.05, 0.1) is 0 Å². The molecule has 0 unspecified atom stereocenters. The van der Waals surface area contributed by atoms with Gasteiger partial charge in [0.25, 0.3) is 0 Å². The van der Waals surface area contributed by atoms with Crippen molar-refractivity contribution in [2.75, 3.05) is 0 Å². The molecule has 86 valence electrons. The molecule has 0 aliphatic carbocycles. The molecule has 1 aromatic rings. The summed E-state index contributed by atoms with van der Waals surface area (Å²) in [6.45, 7) is 0.421. The predicted molar refractivity (Wildman–Crippen MR) is 56.6 cm³/mol. The number of phenolic OH excluding ortho intramolecular Hbond substituents is 1. The van der Waals surface area contributed by atoms with Crippen molar-refractivity contribution in [3.05, 3.63) is 23.8 Å². The topological polar surface area (TPSA) is 20.2 Å². The summed E-state index contributed by atoms with van der Waals surface area (Å²) in [6.07, 6.45) is 0. The summed E-state index contributed by atoms with van der Waals surface area (Å²) < 4.78 is 29.0. The number of thiol groups is 1. The fourth-order valence-electron chi connectivity index (χ4n) is 1.01. The van der Waals surface area contributed by atoms with Crippen LogP contribution >= 0.6 is 12.6 Å². The number of aromatic hydroxyl groups is 1. The van der Waals surface area contributed by atoms with E-state index in [4.69, 9.17) is 0 Å². The number of hydrogen-bond donors (Lipinski definition) is 2. The molecule has 0 saturated carbocycles. The van der Waals surface area contributed by atoms with Gasteiger partial charge in [0.2, 0.25) is 0 Å². The van der Waals surface area contributed by atoms with E-state index in [9.17, 15) is 18.3 Å². The Kier molecular flexibility index (Phi) is 6.24. The Hall–Kier alpha value is -0.840. The average molecular weight is 238 g/mol. The van der Waals surface area contributed by atoms with Crippen LogP contribution < -0.4 is 0 Å². The third-order valence-corrected chi connectivity index (χ3v) is 2.03. The second-order valence-corrected chi connectivity index (χ2v) is 3.60. The van der Waals surface area contributed by atoms with E-state index < -0.39 is 6.68 Å². The first-order chi connectivity index (χ1) is 6.86. The van der Waals surface area contributed by atoms with Crippen LogP contribution in [0, 0.1) is 0 Å². The van der Waals surface area contributed by atoms with Crippen molar-refractivity contribution in [3.8, 4) is 5.75 Å². The molecule has 0 atom stereocenters. The average Bonchev–Trinajstić information content (AvgIpc) is 2.08. The van der Waals surface area contributed by atoms with Gasteiger partial charge >= 0.3 is 6.68 Å². The van der Waals surface area contributed by atoms with Crippen LogP contribution in [0.15, 0.2) is 23.1 Å². The molecule has 0 aromatic heterocycles. The molecule has 0 saturated heterocycles. The molecule has 15 heavy (non-hydrogen) atoms. The van der Waals surface area contributed by atoms with E-state index in [-0.39, 0.29) is 0 Å². The molecule has 0 bridgehead atoms. The zero-order valence-corrected chi connectivity index (χ0v) is 9.31. The third kappa shape index (κ3) is 5.57. The van der Waals surface area contributed by atoms with Crippen LogP contribution in [0.1, 0.15) is 25.3 Å². The summed E-state index contributed by atoms with van der Waals surface area (Å²) in [7, 11) is 0. The third-order valence-electron chi connectivity index (χ3n) is 1.67. The maximum Gasteiger partial charge on any atom is 0.379 e. The van der Waals surface area contributed by atoms with Crippen LogP contribution in [0.4, 0.5) is 13.2 Å². The van der Waals surface area contributed by atoms with Gasteiger partial charge in [0.1, 0.15) is 5.75 Å². The maximum atomic E-state index is 9.67. The van der Waals surface area contributed by atoms with Gasteiger partial charge < -0.3 is 5.11 Å². The Bertz CT molecular complexity index is 300. The minimum atomic E-state index is -3.67. The fraction of sp³-hybridized carbons (Fsp3) is 0.400. The predicted octanol–water partition coefficient (Wildman–Crippen LogP) is 3.98. The summed E-state index contributed by atoms with van der Waals surface area (Å²) >= 11 is 4.11. The lowest BCUT2D eigenvalue weighted by Gasteiger charge is -2.08. The first-order valence-corrected chi connectivity index (χ1v) is 4.74. The summed E-state index contributed by atoms with van der Waals surface area (Å²) in [6, 6.07) is 5.60. The van der Waals surface area contributed by atoms with Gasteiger partial charge in [-0.3, -0.25) is 0 Å². The molecule has 0 amide bonds. The van der Waals surface area contributed by atoms with E-state index in [0.717, 1.165) is 5.56 Å². The van der Waals surface area contributed by atoms with Crippen LogP contribution in [0.25, 0.3) is 0 Å². The van der Waals surface area contributed by atoms with E-state index in [1.54, 1.807) is 6.07 Å². The lowest BCUT2D eigenvalue weighted by molar-refractivity contribution is 0.00819. The Morgan fingerprint density at radius 1 is 1.20 bits per heavy atom. The van der Waals surface area contributed by atoms with E-state index in [1.165, 1.54) is 0 Å². The van der Waals surface area contributed by atoms with Crippen molar-refractivity contribution in [2.24, 2.45) is 0 Å². The number of rotatable bonds is 1. The van der Waals surface area contributed by atoms with Crippen LogP contribution in [0.3, 0.4) is 0 Å². The molecule has 0 spiro atoms. The molecule has 5 heteroatoms. The largest absolute Gasteiger partial charge is 0.506 e. The quantitative estimate of drug-likeness (QED) is 0.709. The number of halogens is 3. The standard InChI is InChI=1S/C9H12OS.CHF3/c1-6(2)7-4-3-5-8(11)9(7)10;2-1(3)4/h3-6,10-11H,1-2H3;1H. The SMILES string of the molecule is CC(C)c1cccc(S)c1O.FC(F)F. The Morgan fingerprint density at radius 3 is 2.00 bits per heavy atom. The monoisotopic (exact) mass is 238 g/mol. The lowest BCUT2D eigenvalue weighted by Crippen LogP contribution is -1.87. The fourth-order valence-corrected chi connectivity index (χ4v) is 1.23. The van der Waals surface area contributed by atoms with Crippen LogP contribution in [0.5, 0.6) is 5.75 Å². The molecule has 0 radical (unpaired) electrons. The molecule has 0 aliphatic rings. The molecular formula is C10H13F3OS. The van der Waals surface area contributed by atoms with Gasteiger partial charge in [-0.1, -0.05) is 26.0 Å². The van der Waals surface area contributed by atoms with Gasteiger partial charge in [-0.2, -0.15) is 13.2 Å². The molecule has 1 rings (SSSR count). The maximum absolute atomic E-state index is 9.67. The number of benzene rings is 1. The molecule has 1 aromatic carbocycles. The Balaban J connectivity index is 0.000000423. The van der Waals surface area contributed by atoms with E-state index in [2.05, 4.69) is 12.6 Å². The Labute approximate surface area is 92.3 Å². The summed E-state index contributed by atoms with van der Waals surface area (Å²) in [5, 5.41) is 9.49. The molecule has 0 aliphatic heterocycles. The van der Waals surface area contributed by atoms with Gasteiger partial charge in [0, 0.05) is 4.90 Å². The highest BCUT2D eigenvalue weighted by Crippen LogP contribution is 2.30. The van der Waals surface area contributed by atoms with Crippen molar-refractivity contribution in [3.63, 3.8) is 0 Å². The first-order valence-electron chi connectivity index (χ1n) is 4.29. The molecule has 1 N–H and O–H groups in total. The van der Waals surface area contributed by atoms with Gasteiger partial charge in [-0.15, -0.1) is 12.6 Å². The normalized spacial score (nSPS) is 10.1. The van der Waals surface area contributed by atoms with Crippen molar-refractivity contribution in [1.29, 1.82) is 0 Å². The minimum Gasteiger partial charge on any atom is -0.506 e. The van der Waals surface area contributed by atoms with Gasteiger partial charge in [-0.25, -0.2) is 0 Å². The smallest absolute Gasteiger partial charge is 0.379 e. The number of hydrogen-bond acceptors (Lipinski definition) is 2. The van der Waals surface area contributed by atoms with Crippen molar-refractivity contribution >= 4 is 12.6 Å². The highest BCUT2D eigenvalue weighted by molar-refractivity contribution is 7.80. The lowest BCUT2D eigenvalue weighted by atomic mass is 10.0. The van der Waals surface area contributed by atoms with E-state index in [0.29, 0.717) is 16.6 Å². The van der Waals surface area contributed by atoms with Crippen LogP contribution in [-0.2, 0) is 0 Å². The number of alkyl halides is 3. The summed E-state index contributed by atoms with van der Waals surface area (Å²) in [5.74, 6) is 0.660.